The highest BCUT2D eigenvalue weighted by Gasteiger charge is 2.47. The molecule has 0 aliphatic carbocycles. The standard InChI is InChI=1S/C43H68O11/c1-3-5-7-9-11-13-15-16-17-18-19-20-22-23-25-27-29-31-36(44)51-33-35(34-52-43-40(48)38(46)39(47)41(54-43)42(49)50)53-37(45)32-30-28-26-24-21-14-12-10-8-6-4-2/h5,7,10-13,16-17,19-20,23,25,35,38-41,43,46-48H,3-4,6,8-9,14-15,18,21-22,24,26-34H2,1-2H3,(H,49,50)/b7-5-,12-10-,13-11-,17-16-,20-19-,25-23-. The van der Waals surface area contributed by atoms with Gasteiger partial charge < -0.3 is 39.4 Å². The van der Waals surface area contributed by atoms with Gasteiger partial charge in [0.25, 0.3) is 0 Å². The Labute approximate surface area is 323 Å². The molecule has 1 fully saturated rings. The molecule has 306 valence electrons. The predicted octanol–water partition coefficient (Wildman–Crippen LogP) is 7.75. The number of ether oxygens (including phenoxy) is 4. The number of rotatable bonds is 31. The molecule has 0 spiro atoms. The Kier molecular flexibility index (Phi) is 29.8. The fourth-order valence-corrected chi connectivity index (χ4v) is 5.36. The van der Waals surface area contributed by atoms with Gasteiger partial charge in [-0.15, -0.1) is 0 Å². The molecule has 1 aliphatic heterocycles. The van der Waals surface area contributed by atoms with Gasteiger partial charge in [-0.1, -0.05) is 119 Å². The molecule has 1 saturated heterocycles. The van der Waals surface area contributed by atoms with E-state index in [2.05, 4.69) is 74.6 Å². The number of carboxylic acid groups (broad SMARTS) is 1. The summed E-state index contributed by atoms with van der Waals surface area (Å²) in [5.41, 5.74) is 0. The Morgan fingerprint density at radius 2 is 1.11 bits per heavy atom. The van der Waals surface area contributed by atoms with Crippen LogP contribution in [0.15, 0.2) is 72.9 Å². The van der Waals surface area contributed by atoms with Crippen LogP contribution in [0, 0.1) is 0 Å². The molecule has 0 aromatic heterocycles. The van der Waals surface area contributed by atoms with Crippen molar-refractivity contribution >= 4 is 17.9 Å². The van der Waals surface area contributed by atoms with Gasteiger partial charge in [0.2, 0.25) is 0 Å². The first-order valence-corrected chi connectivity index (χ1v) is 20.0. The van der Waals surface area contributed by atoms with Crippen LogP contribution >= 0.6 is 0 Å². The quantitative estimate of drug-likeness (QED) is 0.0310. The van der Waals surface area contributed by atoms with Crippen molar-refractivity contribution in [3.63, 3.8) is 0 Å². The van der Waals surface area contributed by atoms with Crippen molar-refractivity contribution in [3.8, 4) is 0 Å². The lowest BCUT2D eigenvalue weighted by Gasteiger charge is -2.38. The van der Waals surface area contributed by atoms with Crippen molar-refractivity contribution in [2.45, 2.75) is 166 Å². The largest absolute Gasteiger partial charge is 0.479 e. The van der Waals surface area contributed by atoms with Crippen molar-refractivity contribution < 1.29 is 53.8 Å². The van der Waals surface area contributed by atoms with Gasteiger partial charge in [-0.3, -0.25) is 9.59 Å². The summed E-state index contributed by atoms with van der Waals surface area (Å²) in [5, 5.41) is 39.7. The molecule has 1 rings (SSSR count). The van der Waals surface area contributed by atoms with E-state index in [0.29, 0.717) is 19.3 Å². The molecule has 0 aromatic carbocycles. The Balaban J connectivity index is 2.47. The molecule has 6 atom stereocenters. The number of carboxylic acids is 1. The molecule has 0 amide bonds. The Bertz CT molecular complexity index is 1170. The van der Waals surface area contributed by atoms with Gasteiger partial charge in [0.1, 0.15) is 24.9 Å². The van der Waals surface area contributed by atoms with Gasteiger partial charge in [0.05, 0.1) is 6.61 Å². The van der Waals surface area contributed by atoms with E-state index in [1.54, 1.807) is 0 Å². The van der Waals surface area contributed by atoms with Gasteiger partial charge in [0.15, 0.2) is 18.5 Å². The zero-order valence-corrected chi connectivity index (χ0v) is 32.7. The van der Waals surface area contributed by atoms with Crippen LogP contribution in [0.1, 0.15) is 129 Å². The van der Waals surface area contributed by atoms with Crippen LogP contribution in [-0.4, -0.2) is 88.4 Å². The lowest BCUT2D eigenvalue weighted by atomic mass is 9.99. The number of carbonyl (C=O) groups excluding carboxylic acids is 2. The molecule has 54 heavy (non-hydrogen) atoms. The zero-order valence-electron chi connectivity index (χ0n) is 32.7. The fraction of sp³-hybridized carbons (Fsp3) is 0.651. The fourth-order valence-electron chi connectivity index (χ4n) is 5.36. The molecule has 11 nitrogen and oxygen atoms in total. The smallest absolute Gasteiger partial charge is 0.335 e. The molecule has 0 bridgehead atoms. The minimum absolute atomic E-state index is 0.152. The van der Waals surface area contributed by atoms with Gasteiger partial charge in [-0.2, -0.15) is 0 Å². The van der Waals surface area contributed by atoms with Crippen molar-refractivity contribution in [1.82, 2.24) is 0 Å². The topological polar surface area (TPSA) is 169 Å². The number of esters is 2. The third-order valence-corrected chi connectivity index (χ3v) is 8.54. The van der Waals surface area contributed by atoms with E-state index in [-0.39, 0.29) is 19.4 Å². The highest BCUT2D eigenvalue weighted by Crippen LogP contribution is 2.23. The Morgan fingerprint density at radius 3 is 1.72 bits per heavy atom. The SMILES string of the molecule is CC/C=C\C/C=C\C/C=C\C/C=C\C/C=C\CCCC(=O)OCC(COC1OC(C(=O)O)C(O)C(O)C1O)OC(=O)CCCCCCC/C=C\CCCC. The summed E-state index contributed by atoms with van der Waals surface area (Å²) in [6, 6.07) is 0. The van der Waals surface area contributed by atoms with Gasteiger partial charge in [-0.05, 0) is 70.6 Å². The number of carbonyl (C=O) groups is 3. The summed E-state index contributed by atoms with van der Waals surface area (Å²) in [6.45, 7) is 3.56. The van der Waals surface area contributed by atoms with Crippen molar-refractivity contribution in [3.05, 3.63) is 72.9 Å². The van der Waals surface area contributed by atoms with Gasteiger partial charge in [0, 0.05) is 12.8 Å². The second-order valence-corrected chi connectivity index (χ2v) is 13.4. The summed E-state index contributed by atoms with van der Waals surface area (Å²) in [4.78, 5) is 36.6. The maximum absolute atomic E-state index is 12.7. The molecule has 0 aromatic rings. The van der Waals surface area contributed by atoms with Crippen LogP contribution < -0.4 is 0 Å². The average Bonchev–Trinajstić information content (AvgIpc) is 3.15. The van der Waals surface area contributed by atoms with Crippen LogP contribution in [0.4, 0.5) is 0 Å². The number of aliphatic carboxylic acids is 1. The maximum Gasteiger partial charge on any atom is 0.335 e. The van der Waals surface area contributed by atoms with Crippen LogP contribution in [0.25, 0.3) is 0 Å². The van der Waals surface area contributed by atoms with Crippen LogP contribution in [-0.2, 0) is 33.3 Å². The lowest BCUT2D eigenvalue weighted by molar-refractivity contribution is -0.298. The van der Waals surface area contributed by atoms with Crippen LogP contribution in [0.5, 0.6) is 0 Å². The minimum Gasteiger partial charge on any atom is -0.479 e. The first kappa shape index (κ1) is 48.7. The van der Waals surface area contributed by atoms with E-state index < -0.39 is 61.3 Å². The van der Waals surface area contributed by atoms with E-state index in [1.165, 1.54) is 12.8 Å². The number of aliphatic hydroxyl groups is 3. The second-order valence-electron chi connectivity index (χ2n) is 13.4. The van der Waals surface area contributed by atoms with E-state index in [4.69, 9.17) is 18.9 Å². The summed E-state index contributed by atoms with van der Waals surface area (Å²) in [6.07, 6.45) is 31.1. The highest BCUT2D eigenvalue weighted by molar-refractivity contribution is 5.73. The molecule has 4 N–H and O–H groups in total. The molecule has 6 unspecified atom stereocenters. The number of aliphatic hydroxyl groups excluding tert-OH is 3. The number of unbranched alkanes of at least 4 members (excludes halogenated alkanes) is 8. The van der Waals surface area contributed by atoms with E-state index in [1.807, 2.05) is 12.2 Å². The molecule has 1 aliphatic rings. The lowest BCUT2D eigenvalue weighted by Crippen LogP contribution is -2.60. The highest BCUT2D eigenvalue weighted by atomic mass is 16.7. The predicted molar refractivity (Wildman–Crippen MR) is 210 cm³/mol. The molecular formula is C43H68O11. The van der Waals surface area contributed by atoms with Gasteiger partial charge in [-0.25, -0.2) is 4.79 Å². The number of hydrogen-bond donors (Lipinski definition) is 4. The van der Waals surface area contributed by atoms with E-state index >= 15 is 0 Å². The first-order valence-electron chi connectivity index (χ1n) is 20.0. The molecule has 1 heterocycles. The van der Waals surface area contributed by atoms with Crippen LogP contribution in [0.2, 0.25) is 0 Å². The van der Waals surface area contributed by atoms with E-state index in [9.17, 15) is 34.8 Å². The normalized spacial score (nSPS) is 21.4. The first-order chi connectivity index (χ1) is 26.2. The summed E-state index contributed by atoms with van der Waals surface area (Å²) in [5.74, 6) is -2.55. The monoisotopic (exact) mass is 760 g/mol. The molecule has 0 radical (unpaired) electrons. The summed E-state index contributed by atoms with van der Waals surface area (Å²) < 4.78 is 21.6. The second kappa shape index (κ2) is 33.0. The van der Waals surface area contributed by atoms with Crippen molar-refractivity contribution in [1.29, 1.82) is 0 Å². The Hall–Kier alpha value is -3.35. The minimum atomic E-state index is -1.87. The van der Waals surface area contributed by atoms with Gasteiger partial charge >= 0.3 is 17.9 Å². The maximum atomic E-state index is 12.7. The Morgan fingerprint density at radius 1 is 0.593 bits per heavy atom. The number of hydrogen-bond acceptors (Lipinski definition) is 10. The zero-order chi connectivity index (χ0) is 39.7. The molecular weight excluding hydrogens is 692 g/mol. The number of allylic oxidation sites excluding steroid dienone is 12. The van der Waals surface area contributed by atoms with Crippen LogP contribution in [0.3, 0.4) is 0 Å². The van der Waals surface area contributed by atoms with Crippen molar-refractivity contribution in [2.75, 3.05) is 13.2 Å². The average molecular weight is 761 g/mol. The summed E-state index contributed by atoms with van der Waals surface area (Å²) >= 11 is 0. The van der Waals surface area contributed by atoms with Crippen molar-refractivity contribution in [2.24, 2.45) is 0 Å². The third kappa shape index (κ3) is 24.9. The third-order valence-electron chi connectivity index (χ3n) is 8.54. The van der Waals surface area contributed by atoms with E-state index in [0.717, 1.165) is 70.6 Å². The molecule has 0 saturated carbocycles. The molecule has 11 heteroatoms. The summed E-state index contributed by atoms with van der Waals surface area (Å²) in [7, 11) is 0.